The summed E-state index contributed by atoms with van der Waals surface area (Å²) < 4.78 is 0. The minimum absolute atomic E-state index is 0.138. The van der Waals surface area contributed by atoms with E-state index in [9.17, 15) is 19.5 Å². The van der Waals surface area contributed by atoms with Crippen LogP contribution >= 0.6 is 11.6 Å². The third kappa shape index (κ3) is 7.58. The summed E-state index contributed by atoms with van der Waals surface area (Å²) in [4.78, 5) is 33.9. The number of carboxylic acid groups (broad SMARTS) is 2. The van der Waals surface area contributed by atoms with Crippen LogP contribution in [0.5, 0.6) is 0 Å². The van der Waals surface area contributed by atoms with Crippen LogP contribution in [-0.4, -0.2) is 34.1 Å². The Bertz CT molecular complexity index is 866. The summed E-state index contributed by atoms with van der Waals surface area (Å²) in [7, 11) is 0. The molecule has 2 aromatic carbocycles. The fourth-order valence-electron chi connectivity index (χ4n) is 3.03. The van der Waals surface area contributed by atoms with E-state index in [-0.39, 0.29) is 19.3 Å². The van der Waals surface area contributed by atoms with E-state index in [0.29, 0.717) is 11.4 Å². The van der Waals surface area contributed by atoms with Crippen molar-refractivity contribution in [3.8, 4) is 11.1 Å². The molecule has 0 heterocycles. The number of carbonyl (C=O) groups excluding carboxylic acids is 1. The zero-order chi connectivity index (χ0) is 21.4. The van der Waals surface area contributed by atoms with Gasteiger partial charge in [0, 0.05) is 17.5 Å². The third-order valence-corrected chi connectivity index (χ3v) is 4.82. The summed E-state index contributed by atoms with van der Waals surface area (Å²) in [6.07, 6.45) is 0.304. The molecule has 0 aliphatic heterocycles. The highest BCUT2D eigenvalue weighted by Gasteiger charge is 2.21. The molecule has 154 valence electrons. The minimum Gasteiger partial charge on any atom is -0.481 e. The lowest BCUT2D eigenvalue weighted by Gasteiger charge is -2.21. The quantitative estimate of drug-likeness (QED) is 0.541. The highest BCUT2D eigenvalue weighted by atomic mass is 35.5. The molecule has 0 aliphatic rings. The Hall–Kier alpha value is -2.86. The molecular formula is C22H24ClNO5. The van der Waals surface area contributed by atoms with Gasteiger partial charge in [0.25, 0.3) is 0 Å². The van der Waals surface area contributed by atoms with Gasteiger partial charge in [-0.05, 0) is 41.7 Å². The Morgan fingerprint density at radius 1 is 1.00 bits per heavy atom. The average molecular weight is 418 g/mol. The summed E-state index contributed by atoms with van der Waals surface area (Å²) in [6.45, 7) is 1.58. The lowest BCUT2D eigenvalue weighted by molar-refractivity contribution is -0.141. The lowest BCUT2D eigenvalue weighted by Crippen LogP contribution is -2.38. The van der Waals surface area contributed by atoms with Crippen molar-refractivity contribution in [3.63, 3.8) is 0 Å². The predicted molar refractivity (Wildman–Crippen MR) is 111 cm³/mol. The van der Waals surface area contributed by atoms with Gasteiger partial charge in [-0.1, -0.05) is 54.9 Å². The standard InChI is InChI=1S/C22H24ClNO5/c1-14(22(28)29)11-19(24-20(25)9-10-21(26)27)12-15-5-7-16(8-6-15)17-3-2-4-18(23)13-17/h2-8,13-14,19H,9-12H2,1H3,(H,24,25)(H,26,27)(H,28,29)/t14-,19-/m0/s1. The number of carboxylic acids is 2. The fourth-order valence-corrected chi connectivity index (χ4v) is 3.22. The molecule has 0 saturated heterocycles. The summed E-state index contributed by atoms with van der Waals surface area (Å²) in [5, 5.41) is 21.3. The maximum absolute atomic E-state index is 12.0. The van der Waals surface area contributed by atoms with Crippen LogP contribution in [-0.2, 0) is 20.8 Å². The van der Waals surface area contributed by atoms with Gasteiger partial charge in [-0.15, -0.1) is 0 Å². The van der Waals surface area contributed by atoms with Gasteiger partial charge >= 0.3 is 11.9 Å². The van der Waals surface area contributed by atoms with Gasteiger partial charge in [0.1, 0.15) is 0 Å². The molecule has 3 N–H and O–H groups in total. The second-order valence-corrected chi connectivity index (χ2v) is 7.48. The molecule has 2 aromatic rings. The van der Waals surface area contributed by atoms with E-state index in [1.807, 2.05) is 42.5 Å². The maximum atomic E-state index is 12.0. The normalized spacial score (nSPS) is 12.8. The van der Waals surface area contributed by atoms with E-state index >= 15 is 0 Å². The van der Waals surface area contributed by atoms with Gasteiger partial charge in [0.2, 0.25) is 5.91 Å². The van der Waals surface area contributed by atoms with Crippen molar-refractivity contribution >= 4 is 29.4 Å². The van der Waals surface area contributed by atoms with E-state index in [4.69, 9.17) is 16.7 Å². The molecule has 0 bridgehead atoms. The first kappa shape index (κ1) is 22.4. The Balaban J connectivity index is 2.09. The Labute approximate surface area is 174 Å². The van der Waals surface area contributed by atoms with Crippen molar-refractivity contribution in [2.75, 3.05) is 0 Å². The summed E-state index contributed by atoms with van der Waals surface area (Å²) >= 11 is 6.04. The van der Waals surface area contributed by atoms with Gasteiger partial charge in [-0.25, -0.2) is 0 Å². The van der Waals surface area contributed by atoms with Crippen LogP contribution in [0.2, 0.25) is 5.02 Å². The van der Waals surface area contributed by atoms with Crippen LogP contribution in [0.4, 0.5) is 0 Å². The molecule has 0 spiro atoms. The number of carbonyl (C=O) groups is 3. The molecule has 2 rings (SSSR count). The summed E-state index contributed by atoms with van der Waals surface area (Å²) in [5.74, 6) is -3.02. The van der Waals surface area contributed by atoms with E-state index in [1.165, 1.54) is 0 Å². The van der Waals surface area contributed by atoms with Crippen molar-refractivity contribution in [2.45, 2.75) is 38.6 Å². The molecule has 2 atom stereocenters. The Morgan fingerprint density at radius 3 is 2.28 bits per heavy atom. The first-order valence-corrected chi connectivity index (χ1v) is 9.71. The first-order chi connectivity index (χ1) is 13.7. The second kappa shape index (κ2) is 10.6. The first-order valence-electron chi connectivity index (χ1n) is 9.33. The molecular weight excluding hydrogens is 394 g/mol. The maximum Gasteiger partial charge on any atom is 0.306 e. The monoisotopic (exact) mass is 417 g/mol. The van der Waals surface area contributed by atoms with Crippen LogP contribution in [0.3, 0.4) is 0 Å². The van der Waals surface area contributed by atoms with Crippen LogP contribution in [0.15, 0.2) is 48.5 Å². The minimum atomic E-state index is -1.05. The van der Waals surface area contributed by atoms with Crippen molar-refractivity contribution < 1.29 is 24.6 Å². The van der Waals surface area contributed by atoms with E-state index in [1.54, 1.807) is 13.0 Å². The highest BCUT2D eigenvalue weighted by molar-refractivity contribution is 6.30. The van der Waals surface area contributed by atoms with Crippen molar-refractivity contribution in [2.24, 2.45) is 5.92 Å². The zero-order valence-corrected chi connectivity index (χ0v) is 16.9. The molecule has 29 heavy (non-hydrogen) atoms. The molecule has 0 fully saturated rings. The van der Waals surface area contributed by atoms with Gasteiger partial charge in [-0.2, -0.15) is 0 Å². The number of nitrogens with one attached hydrogen (secondary N) is 1. The van der Waals surface area contributed by atoms with Crippen molar-refractivity contribution in [1.82, 2.24) is 5.32 Å². The van der Waals surface area contributed by atoms with Crippen molar-refractivity contribution in [3.05, 3.63) is 59.1 Å². The molecule has 7 heteroatoms. The smallest absolute Gasteiger partial charge is 0.306 e. The lowest BCUT2D eigenvalue weighted by atomic mass is 9.95. The molecule has 0 unspecified atom stereocenters. The zero-order valence-electron chi connectivity index (χ0n) is 16.1. The summed E-state index contributed by atoms with van der Waals surface area (Å²) in [6, 6.07) is 14.9. The molecule has 6 nitrogen and oxygen atoms in total. The number of hydrogen-bond donors (Lipinski definition) is 3. The van der Waals surface area contributed by atoms with Gasteiger partial charge in [-0.3, -0.25) is 14.4 Å². The molecule has 0 saturated carbocycles. The predicted octanol–water partition coefficient (Wildman–Crippen LogP) is 4.01. The number of rotatable bonds is 10. The number of halogens is 1. The number of benzene rings is 2. The Kier molecular flexibility index (Phi) is 8.21. The molecule has 0 aliphatic carbocycles. The average Bonchev–Trinajstić information content (AvgIpc) is 2.66. The van der Waals surface area contributed by atoms with Gasteiger partial charge < -0.3 is 15.5 Å². The van der Waals surface area contributed by atoms with Crippen LogP contribution in [0.1, 0.15) is 31.7 Å². The topological polar surface area (TPSA) is 104 Å². The number of aliphatic carboxylic acids is 2. The third-order valence-electron chi connectivity index (χ3n) is 4.58. The largest absolute Gasteiger partial charge is 0.481 e. The van der Waals surface area contributed by atoms with E-state index in [2.05, 4.69) is 5.32 Å². The number of amides is 1. The van der Waals surface area contributed by atoms with E-state index in [0.717, 1.165) is 16.7 Å². The Morgan fingerprint density at radius 2 is 1.69 bits per heavy atom. The van der Waals surface area contributed by atoms with Crippen LogP contribution in [0.25, 0.3) is 11.1 Å². The van der Waals surface area contributed by atoms with E-state index < -0.39 is 29.8 Å². The second-order valence-electron chi connectivity index (χ2n) is 7.04. The van der Waals surface area contributed by atoms with Gasteiger partial charge in [0.05, 0.1) is 12.3 Å². The van der Waals surface area contributed by atoms with Crippen LogP contribution in [0, 0.1) is 5.92 Å². The summed E-state index contributed by atoms with van der Waals surface area (Å²) in [5.41, 5.74) is 2.93. The van der Waals surface area contributed by atoms with Gasteiger partial charge in [0.15, 0.2) is 0 Å². The fraction of sp³-hybridized carbons (Fsp3) is 0.318. The van der Waals surface area contributed by atoms with Crippen LogP contribution < -0.4 is 5.32 Å². The molecule has 0 radical (unpaired) electrons. The molecule has 0 aromatic heterocycles. The SMILES string of the molecule is C[C@@H](C[C@@H](Cc1ccc(-c2cccc(Cl)c2)cc1)NC(=O)CCC(=O)O)C(=O)O. The highest BCUT2D eigenvalue weighted by Crippen LogP contribution is 2.23. The molecule has 1 amide bonds. The number of hydrogen-bond acceptors (Lipinski definition) is 3. The van der Waals surface area contributed by atoms with Crippen molar-refractivity contribution in [1.29, 1.82) is 0 Å².